The molecule has 0 bridgehead atoms. The van der Waals surface area contributed by atoms with E-state index in [1.165, 1.54) is 13.8 Å². The first-order valence-corrected chi connectivity index (χ1v) is 20.6. The van der Waals surface area contributed by atoms with Crippen LogP contribution in [0.5, 0.6) is 0 Å². The van der Waals surface area contributed by atoms with Gasteiger partial charge in [-0.1, -0.05) is 35.4 Å². The summed E-state index contributed by atoms with van der Waals surface area (Å²) in [5, 5.41) is 11.0. The Kier molecular flexibility index (Phi) is 30.1. The molecule has 2 aromatic carbocycles. The number of hydrogen-bond donors (Lipinski definition) is 5. The molecule has 318 valence electrons. The highest BCUT2D eigenvalue weighted by Crippen LogP contribution is 2.10. The zero-order valence-corrected chi connectivity index (χ0v) is 34.5. The summed E-state index contributed by atoms with van der Waals surface area (Å²) in [5.41, 5.74) is 2.94. The van der Waals surface area contributed by atoms with E-state index in [9.17, 15) is 22.8 Å². The monoisotopic (exact) mass is 811 g/mol. The number of benzene rings is 2. The fraction of sp³-hybridized carbons (Fsp3) is 0.615. The van der Waals surface area contributed by atoms with Gasteiger partial charge in [0.25, 0.3) is 0 Å². The summed E-state index contributed by atoms with van der Waals surface area (Å²) in [6.45, 7) is 15.2. The molecule has 16 nitrogen and oxygen atoms in total. The van der Waals surface area contributed by atoms with Crippen LogP contribution < -0.4 is 26.0 Å². The summed E-state index contributed by atoms with van der Waals surface area (Å²) in [6.07, 6.45) is 2.89. The van der Waals surface area contributed by atoms with Crippen molar-refractivity contribution in [1.29, 1.82) is 0 Å². The van der Waals surface area contributed by atoms with Crippen LogP contribution in [0.2, 0.25) is 0 Å². The molecular formula is C39H65N5O11S. The molecule has 0 fully saturated rings. The van der Waals surface area contributed by atoms with Crippen LogP contribution in [-0.2, 0) is 48.0 Å². The highest BCUT2D eigenvalue weighted by Gasteiger charge is 2.12. The largest absolute Gasteiger partial charge is 0.379 e. The third-order valence-electron chi connectivity index (χ3n) is 7.32. The van der Waals surface area contributed by atoms with Crippen LogP contribution in [0.4, 0.5) is 10.5 Å². The Morgan fingerprint density at radius 1 is 0.482 bits per heavy atom. The van der Waals surface area contributed by atoms with E-state index < -0.39 is 10.0 Å². The van der Waals surface area contributed by atoms with E-state index in [2.05, 4.69) is 26.0 Å². The Bertz CT molecular complexity index is 1420. The van der Waals surface area contributed by atoms with Gasteiger partial charge in [0.05, 0.1) is 57.8 Å². The second kappa shape index (κ2) is 33.5. The van der Waals surface area contributed by atoms with Crippen LogP contribution >= 0.6 is 0 Å². The van der Waals surface area contributed by atoms with Gasteiger partial charge in [0.2, 0.25) is 21.8 Å². The van der Waals surface area contributed by atoms with Gasteiger partial charge in [0.15, 0.2) is 0 Å². The van der Waals surface area contributed by atoms with Crippen molar-refractivity contribution in [3.8, 4) is 0 Å². The molecule has 2 aromatic rings. The number of amides is 4. The quantitative estimate of drug-likeness (QED) is 0.0700. The molecule has 0 spiro atoms. The third-order valence-corrected chi connectivity index (χ3v) is 8.79. The fourth-order valence-electron chi connectivity index (χ4n) is 4.33. The number of aryl methyl sites for hydroxylation is 2. The van der Waals surface area contributed by atoms with Crippen LogP contribution in [0, 0.1) is 13.8 Å². The number of sulfonamides is 1. The predicted molar refractivity (Wildman–Crippen MR) is 215 cm³/mol. The first-order chi connectivity index (χ1) is 27.0. The van der Waals surface area contributed by atoms with Crippen molar-refractivity contribution in [1.82, 2.24) is 20.7 Å². The van der Waals surface area contributed by atoms with Crippen LogP contribution in [0.3, 0.4) is 0 Å². The number of carbonyl (C=O) groups is 3. The third kappa shape index (κ3) is 30.5. The van der Waals surface area contributed by atoms with Gasteiger partial charge in [0.1, 0.15) is 0 Å². The number of rotatable bonds is 31. The van der Waals surface area contributed by atoms with E-state index >= 15 is 0 Å². The lowest BCUT2D eigenvalue weighted by Crippen LogP contribution is -2.30. The van der Waals surface area contributed by atoms with Crippen molar-refractivity contribution >= 4 is 33.6 Å². The molecule has 17 heteroatoms. The normalized spacial score (nSPS) is 11.0. The maximum Gasteiger partial charge on any atom is 0.319 e. The van der Waals surface area contributed by atoms with Gasteiger partial charge in [-0.15, -0.1) is 0 Å². The lowest BCUT2D eigenvalue weighted by molar-refractivity contribution is -0.119. The molecule has 2 rings (SSSR count). The van der Waals surface area contributed by atoms with Gasteiger partial charge in [-0.3, -0.25) is 9.59 Å². The Morgan fingerprint density at radius 2 is 0.821 bits per heavy atom. The number of urea groups is 1. The van der Waals surface area contributed by atoms with Gasteiger partial charge in [-0.25, -0.2) is 17.9 Å². The molecule has 0 saturated heterocycles. The molecule has 0 heterocycles. The standard InChI is InChI=1S/C20H33N3O5.C19H32N2O6S/c1-17-5-7-19(8-6-17)23-20(25)22-10-4-12-27-14-16-28-15-13-26-11-3-9-21-18(2)24;1-17-5-7-19(8-6-17)28(23,24)21-10-4-12-26-14-16-27-15-13-25-11-3-9-20-18(2)22/h5-8H,3-4,9-16H2,1-2H3,(H,21,24)(H2,22,23,25);5-8,21H,3-4,9-16H2,1-2H3,(H,20,22). The van der Waals surface area contributed by atoms with Crippen molar-refractivity contribution in [2.75, 3.05) is 111 Å². The Hall–Kier alpha value is -3.68. The van der Waals surface area contributed by atoms with Crippen molar-refractivity contribution in [3.63, 3.8) is 0 Å². The maximum absolute atomic E-state index is 12.1. The lowest BCUT2D eigenvalue weighted by atomic mass is 10.2. The van der Waals surface area contributed by atoms with Crippen LogP contribution in [0.15, 0.2) is 53.4 Å². The average Bonchev–Trinajstić information content (AvgIpc) is 3.16. The minimum absolute atomic E-state index is 0.0235. The number of ether oxygens (including phenoxy) is 6. The van der Waals surface area contributed by atoms with Crippen molar-refractivity contribution in [3.05, 3.63) is 59.7 Å². The zero-order valence-electron chi connectivity index (χ0n) is 33.7. The molecule has 0 atom stereocenters. The first-order valence-electron chi connectivity index (χ1n) is 19.1. The summed E-state index contributed by atoms with van der Waals surface area (Å²) >= 11 is 0. The molecule has 0 aliphatic rings. The van der Waals surface area contributed by atoms with E-state index in [0.717, 1.165) is 36.1 Å². The maximum atomic E-state index is 12.1. The topological polar surface area (TPSA) is 201 Å². The van der Waals surface area contributed by atoms with Gasteiger partial charge in [0, 0.05) is 72.1 Å². The summed E-state index contributed by atoms with van der Waals surface area (Å²) in [7, 11) is -3.46. The first kappa shape index (κ1) is 50.3. The van der Waals surface area contributed by atoms with Gasteiger partial charge >= 0.3 is 6.03 Å². The summed E-state index contributed by atoms with van der Waals surface area (Å²) in [6, 6.07) is 14.2. The number of nitrogens with one attached hydrogen (secondary N) is 5. The minimum atomic E-state index is -3.46. The Morgan fingerprint density at radius 3 is 1.21 bits per heavy atom. The molecule has 0 unspecified atom stereocenters. The average molecular weight is 812 g/mol. The molecular weight excluding hydrogens is 747 g/mol. The number of carbonyl (C=O) groups excluding carboxylic acids is 3. The van der Waals surface area contributed by atoms with E-state index in [1.54, 1.807) is 24.3 Å². The van der Waals surface area contributed by atoms with Crippen molar-refractivity contribution in [2.45, 2.75) is 58.3 Å². The van der Waals surface area contributed by atoms with Crippen LogP contribution in [-0.4, -0.2) is 132 Å². The Labute approximate surface area is 333 Å². The summed E-state index contributed by atoms with van der Waals surface area (Å²) in [5.74, 6) is -0.0587. The highest BCUT2D eigenvalue weighted by molar-refractivity contribution is 7.89. The van der Waals surface area contributed by atoms with Crippen LogP contribution in [0.1, 0.15) is 50.7 Å². The molecule has 0 aliphatic heterocycles. The smallest absolute Gasteiger partial charge is 0.319 e. The lowest BCUT2D eigenvalue weighted by Gasteiger charge is -2.09. The highest BCUT2D eigenvalue weighted by atomic mass is 32.2. The zero-order chi connectivity index (χ0) is 41.1. The van der Waals surface area contributed by atoms with Crippen LogP contribution in [0.25, 0.3) is 0 Å². The molecule has 0 saturated carbocycles. The molecule has 4 amide bonds. The molecule has 56 heavy (non-hydrogen) atoms. The summed E-state index contributed by atoms with van der Waals surface area (Å²) in [4.78, 5) is 33.3. The van der Waals surface area contributed by atoms with Crippen molar-refractivity contribution < 1.29 is 51.2 Å². The predicted octanol–water partition coefficient (Wildman–Crippen LogP) is 3.32. The SMILES string of the molecule is CC(=O)NCCCOCCOCCOCCCNC(=O)Nc1ccc(C)cc1.CC(=O)NCCCOCCOCCOCCCNS(=O)(=O)c1ccc(C)cc1. The van der Waals surface area contributed by atoms with E-state index in [0.29, 0.717) is 112 Å². The fourth-order valence-corrected chi connectivity index (χ4v) is 5.41. The summed E-state index contributed by atoms with van der Waals surface area (Å²) < 4.78 is 59.1. The van der Waals surface area contributed by atoms with E-state index in [4.69, 9.17) is 28.4 Å². The number of anilines is 1. The minimum Gasteiger partial charge on any atom is -0.379 e. The number of hydrogen-bond acceptors (Lipinski definition) is 11. The van der Waals surface area contributed by atoms with Gasteiger partial charge in [-0.05, 0) is 63.8 Å². The Balaban J connectivity index is 0.000000560. The van der Waals surface area contributed by atoms with Gasteiger partial charge < -0.3 is 49.7 Å². The molecule has 0 radical (unpaired) electrons. The van der Waals surface area contributed by atoms with Crippen molar-refractivity contribution in [2.24, 2.45) is 0 Å². The second-order valence-electron chi connectivity index (χ2n) is 12.5. The molecule has 5 N–H and O–H groups in total. The second-order valence-corrected chi connectivity index (χ2v) is 14.3. The molecule has 0 aromatic heterocycles. The molecule has 0 aliphatic carbocycles. The van der Waals surface area contributed by atoms with E-state index in [-0.39, 0.29) is 22.7 Å². The van der Waals surface area contributed by atoms with Gasteiger partial charge in [-0.2, -0.15) is 0 Å². The van der Waals surface area contributed by atoms with E-state index in [1.807, 2.05) is 38.1 Å².